The van der Waals surface area contributed by atoms with E-state index < -0.39 is 16.1 Å². The van der Waals surface area contributed by atoms with Gasteiger partial charge in [-0.25, -0.2) is 18.1 Å². The van der Waals surface area contributed by atoms with E-state index in [-0.39, 0.29) is 15.9 Å². The van der Waals surface area contributed by atoms with Crippen LogP contribution < -0.4 is 10.3 Å². The van der Waals surface area contributed by atoms with Gasteiger partial charge >= 0.3 is 0 Å². The largest absolute Gasteiger partial charge is 0.268 e. The summed E-state index contributed by atoms with van der Waals surface area (Å²) in [5.74, 6) is 0.310. The first kappa shape index (κ1) is 28.5. The van der Waals surface area contributed by atoms with Crippen LogP contribution in [0, 0.1) is 12.3 Å². The molecular weight excluding hydrogens is 530 g/mol. The van der Waals surface area contributed by atoms with Crippen molar-refractivity contribution in [2.45, 2.75) is 52.0 Å². The summed E-state index contributed by atoms with van der Waals surface area (Å²) in [5, 5.41) is 0.462. The van der Waals surface area contributed by atoms with E-state index in [0.717, 1.165) is 28.7 Å². The van der Waals surface area contributed by atoms with Gasteiger partial charge in [-0.1, -0.05) is 87.0 Å². The first-order valence-electron chi connectivity index (χ1n) is 13.7. The summed E-state index contributed by atoms with van der Waals surface area (Å²) in [6.07, 6.45) is 0.840. The lowest BCUT2D eigenvalue weighted by Gasteiger charge is -2.20. The van der Waals surface area contributed by atoms with Gasteiger partial charge < -0.3 is 0 Å². The fourth-order valence-electron chi connectivity index (χ4n) is 5.07. The molecule has 6 nitrogen and oxygen atoms in total. The van der Waals surface area contributed by atoms with E-state index >= 15 is 0 Å². The van der Waals surface area contributed by atoms with E-state index in [1.165, 1.54) is 4.57 Å². The van der Waals surface area contributed by atoms with E-state index in [1.54, 1.807) is 37.3 Å². The highest BCUT2D eigenvalue weighted by Gasteiger charge is 2.24. The van der Waals surface area contributed by atoms with E-state index in [2.05, 4.69) is 31.6 Å². The van der Waals surface area contributed by atoms with Crippen LogP contribution in [0.5, 0.6) is 0 Å². The third-order valence-electron chi connectivity index (χ3n) is 6.97. The first-order chi connectivity index (χ1) is 19.4. The van der Waals surface area contributed by atoms with Crippen molar-refractivity contribution >= 4 is 20.9 Å². The maximum absolute atomic E-state index is 13.8. The molecule has 1 aromatic heterocycles. The summed E-state index contributed by atoms with van der Waals surface area (Å²) in [4.78, 5) is 18.7. The molecule has 0 amide bonds. The Morgan fingerprint density at radius 1 is 0.854 bits per heavy atom. The lowest BCUT2D eigenvalue weighted by atomic mass is 9.88. The average molecular weight is 566 g/mol. The molecule has 5 aromatic rings. The molecule has 0 saturated carbocycles. The molecule has 0 aliphatic carbocycles. The Labute approximate surface area is 241 Å². The highest BCUT2D eigenvalue weighted by molar-refractivity contribution is 7.89. The van der Waals surface area contributed by atoms with Crippen LogP contribution in [-0.2, 0) is 16.4 Å². The normalized spacial score (nSPS) is 12.9. The fraction of sp³-hybridized carbons (Fsp3) is 0.235. The van der Waals surface area contributed by atoms with Crippen LogP contribution in [0.4, 0.5) is 0 Å². The van der Waals surface area contributed by atoms with Gasteiger partial charge in [0.2, 0.25) is 10.0 Å². The molecule has 0 aliphatic heterocycles. The Bertz CT molecular complexity index is 1870. The van der Waals surface area contributed by atoms with Crippen LogP contribution in [-0.4, -0.2) is 18.0 Å². The zero-order chi connectivity index (χ0) is 29.4. The number of hydrogen-bond donors (Lipinski definition) is 1. The molecule has 7 heteroatoms. The number of para-hydroxylation sites is 1. The number of sulfonamides is 1. The van der Waals surface area contributed by atoms with Crippen molar-refractivity contribution in [2.24, 2.45) is 5.41 Å². The molecular formula is C34H35N3O3S. The molecule has 41 heavy (non-hydrogen) atoms. The summed E-state index contributed by atoms with van der Waals surface area (Å²) in [7, 11) is -3.89. The third kappa shape index (κ3) is 6.32. The van der Waals surface area contributed by atoms with Gasteiger partial charge in [-0.3, -0.25) is 9.36 Å². The molecule has 0 fully saturated rings. The Kier molecular flexibility index (Phi) is 7.68. The summed E-state index contributed by atoms with van der Waals surface area (Å²) in [6, 6.07) is 29.2. The molecule has 0 aliphatic rings. The summed E-state index contributed by atoms with van der Waals surface area (Å²) in [6.45, 7) is 10.2. The second kappa shape index (κ2) is 11.1. The molecule has 1 atom stereocenters. The molecule has 1 heterocycles. The predicted molar refractivity (Wildman–Crippen MR) is 166 cm³/mol. The minimum atomic E-state index is -3.89. The van der Waals surface area contributed by atoms with Gasteiger partial charge in [0.15, 0.2) is 0 Å². The Balaban J connectivity index is 1.53. The zero-order valence-corrected chi connectivity index (χ0v) is 24.9. The van der Waals surface area contributed by atoms with E-state index in [0.29, 0.717) is 22.4 Å². The molecule has 0 saturated heterocycles. The van der Waals surface area contributed by atoms with Crippen LogP contribution in [0.2, 0.25) is 0 Å². The van der Waals surface area contributed by atoms with Crippen molar-refractivity contribution in [3.05, 3.63) is 124 Å². The minimum absolute atomic E-state index is 0.0941. The molecule has 1 unspecified atom stereocenters. The molecule has 0 bridgehead atoms. The number of aryl methyl sites for hydroxylation is 1. The second-order valence-corrected chi connectivity index (χ2v) is 13.5. The Morgan fingerprint density at radius 3 is 2.20 bits per heavy atom. The average Bonchev–Trinajstić information content (AvgIpc) is 2.92. The molecule has 210 valence electrons. The first-order valence-corrected chi connectivity index (χ1v) is 15.2. The van der Waals surface area contributed by atoms with Crippen LogP contribution in [0.3, 0.4) is 0 Å². The standard InChI is InChI=1S/C34H35N3O3S/c1-23-9-8-10-27(21-23)26-15-17-28(18-16-26)37-32(35-31-12-7-6-11-30(31)33(37)38)24(2)36-41(39,40)29-19-13-25(14-20-29)22-34(3,4)5/h6-21,24,36H,22H2,1-5H3. The highest BCUT2D eigenvalue weighted by atomic mass is 32.2. The van der Waals surface area contributed by atoms with Gasteiger partial charge in [0.05, 0.1) is 27.5 Å². The summed E-state index contributed by atoms with van der Waals surface area (Å²) >= 11 is 0. The number of benzene rings is 4. The smallest absolute Gasteiger partial charge is 0.266 e. The minimum Gasteiger partial charge on any atom is -0.268 e. The highest BCUT2D eigenvalue weighted by Crippen LogP contribution is 2.25. The van der Waals surface area contributed by atoms with E-state index in [1.807, 2.05) is 67.6 Å². The van der Waals surface area contributed by atoms with E-state index in [9.17, 15) is 13.2 Å². The summed E-state index contributed by atoms with van der Waals surface area (Å²) < 4.78 is 31.1. The monoisotopic (exact) mass is 565 g/mol. The maximum Gasteiger partial charge on any atom is 0.266 e. The van der Waals surface area contributed by atoms with Gasteiger partial charge in [0.1, 0.15) is 5.82 Å². The number of aromatic nitrogens is 2. The van der Waals surface area contributed by atoms with Crippen molar-refractivity contribution in [3.63, 3.8) is 0 Å². The number of fused-ring (bicyclic) bond motifs is 1. The van der Waals surface area contributed by atoms with Crippen LogP contribution >= 0.6 is 0 Å². The molecule has 0 radical (unpaired) electrons. The van der Waals surface area contributed by atoms with Crippen LogP contribution in [0.25, 0.3) is 27.7 Å². The molecule has 0 spiro atoms. The van der Waals surface area contributed by atoms with Crippen molar-refractivity contribution in [3.8, 4) is 16.8 Å². The Morgan fingerprint density at radius 2 is 1.54 bits per heavy atom. The quantitative estimate of drug-likeness (QED) is 0.231. The predicted octanol–water partition coefficient (Wildman–Crippen LogP) is 6.99. The van der Waals surface area contributed by atoms with Crippen molar-refractivity contribution < 1.29 is 8.42 Å². The Hall–Kier alpha value is -4.07. The molecule has 4 aromatic carbocycles. The zero-order valence-electron chi connectivity index (χ0n) is 24.0. The second-order valence-electron chi connectivity index (χ2n) is 11.8. The van der Waals surface area contributed by atoms with E-state index in [4.69, 9.17) is 4.98 Å². The fourth-order valence-corrected chi connectivity index (χ4v) is 6.27. The van der Waals surface area contributed by atoms with Crippen molar-refractivity contribution in [1.29, 1.82) is 0 Å². The molecule has 1 N–H and O–H groups in total. The van der Waals surface area contributed by atoms with Gasteiger partial charge in [0, 0.05) is 0 Å². The number of nitrogens with one attached hydrogen (secondary N) is 1. The lowest BCUT2D eigenvalue weighted by molar-refractivity contribution is 0.411. The van der Waals surface area contributed by atoms with Crippen LogP contribution in [0.1, 0.15) is 50.7 Å². The number of nitrogens with zero attached hydrogens (tertiary/aromatic N) is 2. The number of rotatable bonds is 7. The lowest BCUT2D eigenvalue weighted by Crippen LogP contribution is -2.33. The van der Waals surface area contributed by atoms with Gasteiger partial charge in [-0.2, -0.15) is 0 Å². The summed E-state index contributed by atoms with van der Waals surface area (Å²) in [5.41, 5.74) is 5.29. The topological polar surface area (TPSA) is 81.1 Å². The van der Waals surface area contributed by atoms with Crippen molar-refractivity contribution in [2.75, 3.05) is 0 Å². The van der Waals surface area contributed by atoms with Gasteiger partial charge in [0.25, 0.3) is 5.56 Å². The third-order valence-corrected chi connectivity index (χ3v) is 8.52. The molecule has 5 rings (SSSR count). The SMILES string of the molecule is Cc1cccc(-c2ccc(-n3c(C(C)NS(=O)(=O)c4ccc(CC(C)(C)C)cc4)nc4ccccc4c3=O)cc2)c1. The number of hydrogen-bond acceptors (Lipinski definition) is 4. The van der Waals surface area contributed by atoms with Gasteiger partial charge in [-0.15, -0.1) is 0 Å². The van der Waals surface area contributed by atoms with Gasteiger partial charge in [-0.05, 0) is 78.8 Å². The maximum atomic E-state index is 13.8. The van der Waals surface area contributed by atoms with Crippen LogP contribution in [0.15, 0.2) is 107 Å². The van der Waals surface area contributed by atoms with Crippen molar-refractivity contribution in [1.82, 2.24) is 14.3 Å².